The second kappa shape index (κ2) is 12.0. The fourth-order valence-electron chi connectivity index (χ4n) is 4.47. The van der Waals surface area contributed by atoms with Crippen molar-refractivity contribution in [1.82, 2.24) is 9.62 Å². The van der Waals surface area contributed by atoms with Crippen LogP contribution < -0.4 is 14.4 Å². The molecule has 1 N–H and O–H groups in total. The van der Waals surface area contributed by atoms with Gasteiger partial charge in [0.1, 0.15) is 11.8 Å². The van der Waals surface area contributed by atoms with Crippen LogP contribution in [0.1, 0.15) is 18.1 Å². The maximum absolute atomic E-state index is 13.7. The van der Waals surface area contributed by atoms with E-state index < -0.39 is 16.1 Å². The molecule has 1 aliphatic rings. The van der Waals surface area contributed by atoms with Gasteiger partial charge in [-0.3, -0.25) is 4.79 Å². The number of carbonyl (C=O) groups excluding carboxylic acids is 1. The van der Waals surface area contributed by atoms with Gasteiger partial charge in [0.15, 0.2) is 0 Å². The van der Waals surface area contributed by atoms with Crippen molar-refractivity contribution in [2.75, 3.05) is 37.7 Å². The van der Waals surface area contributed by atoms with Crippen LogP contribution in [0.2, 0.25) is 5.02 Å². The average Bonchev–Trinajstić information content (AvgIpc) is 2.90. The zero-order chi connectivity index (χ0) is 26.4. The molecule has 9 heteroatoms. The van der Waals surface area contributed by atoms with Gasteiger partial charge in [0.05, 0.1) is 11.5 Å². The minimum absolute atomic E-state index is 0.102. The van der Waals surface area contributed by atoms with E-state index in [1.807, 2.05) is 61.5 Å². The van der Waals surface area contributed by atoms with E-state index in [0.717, 1.165) is 11.3 Å². The molecule has 37 heavy (non-hydrogen) atoms. The number of aryl methyl sites for hydroxylation is 1. The van der Waals surface area contributed by atoms with Gasteiger partial charge in [-0.15, -0.1) is 0 Å². The smallest absolute Gasteiger partial charge is 0.241 e. The van der Waals surface area contributed by atoms with Crippen LogP contribution in [0.25, 0.3) is 0 Å². The highest BCUT2D eigenvalue weighted by molar-refractivity contribution is 7.89. The number of piperazine rings is 1. The van der Waals surface area contributed by atoms with E-state index in [4.69, 9.17) is 16.3 Å². The first-order chi connectivity index (χ1) is 17.8. The molecule has 3 aromatic carbocycles. The van der Waals surface area contributed by atoms with Crippen molar-refractivity contribution < 1.29 is 17.9 Å². The van der Waals surface area contributed by atoms with Gasteiger partial charge in [0.25, 0.3) is 0 Å². The fourth-order valence-corrected chi connectivity index (χ4v) is 5.93. The van der Waals surface area contributed by atoms with Crippen LogP contribution in [-0.4, -0.2) is 58.1 Å². The highest BCUT2D eigenvalue weighted by Gasteiger charge is 2.31. The monoisotopic (exact) mass is 541 g/mol. The molecule has 1 unspecified atom stereocenters. The molecule has 0 aromatic heterocycles. The molecular formula is C28H32ClN3O4S. The summed E-state index contributed by atoms with van der Waals surface area (Å²) in [4.78, 5) is 17.7. The summed E-state index contributed by atoms with van der Waals surface area (Å²) in [7, 11) is -3.95. The number of ether oxygens (including phenoxy) is 1. The Morgan fingerprint density at radius 1 is 1.00 bits per heavy atom. The van der Waals surface area contributed by atoms with E-state index in [2.05, 4.69) is 9.62 Å². The lowest BCUT2D eigenvalue weighted by atomic mass is 10.1. The zero-order valence-corrected chi connectivity index (χ0v) is 22.6. The quantitative estimate of drug-likeness (QED) is 0.437. The van der Waals surface area contributed by atoms with E-state index in [1.165, 1.54) is 6.07 Å². The van der Waals surface area contributed by atoms with Crippen molar-refractivity contribution >= 4 is 33.2 Å². The normalized spacial score (nSPS) is 14.9. The van der Waals surface area contributed by atoms with Gasteiger partial charge in [0.2, 0.25) is 15.9 Å². The van der Waals surface area contributed by atoms with Gasteiger partial charge in [-0.25, -0.2) is 8.42 Å². The van der Waals surface area contributed by atoms with E-state index in [9.17, 15) is 13.2 Å². The number of nitrogens with zero attached hydrogens (tertiary/aromatic N) is 2. The lowest BCUT2D eigenvalue weighted by Crippen LogP contribution is -2.55. The van der Waals surface area contributed by atoms with E-state index in [1.54, 1.807) is 24.0 Å². The summed E-state index contributed by atoms with van der Waals surface area (Å²) in [6, 6.07) is 20.9. The number of benzene rings is 3. The summed E-state index contributed by atoms with van der Waals surface area (Å²) in [5.74, 6) is 0.400. The minimum atomic E-state index is -3.95. The molecule has 4 rings (SSSR count). The molecule has 196 valence electrons. The number of nitrogens with one attached hydrogen (secondary N) is 1. The largest absolute Gasteiger partial charge is 0.494 e. The SMILES string of the molecule is CCOc1ccc(S(=O)(=O)NC(Cc2ccccc2)C(=O)N2CCN(c3cccc(Cl)c3)CC2)cc1C. The van der Waals surface area contributed by atoms with Crippen LogP contribution in [0.5, 0.6) is 5.75 Å². The molecule has 1 amide bonds. The molecule has 1 fully saturated rings. The van der Waals surface area contributed by atoms with Gasteiger partial charge < -0.3 is 14.5 Å². The van der Waals surface area contributed by atoms with Crippen molar-refractivity contribution in [1.29, 1.82) is 0 Å². The summed E-state index contributed by atoms with van der Waals surface area (Å²) >= 11 is 6.14. The third kappa shape index (κ3) is 6.83. The second-order valence-corrected chi connectivity index (χ2v) is 11.2. The number of hydrogen-bond donors (Lipinski definition) is 1. The molecule has 0 saturated carbocycles. The second-order valence-electron chi connectivity index (χ2n) is 9.02. The molecule has 0 spiro atoms. The molecule has 0 radical (unpaired) electrons. The summed E-state index contributed by atoms with van der Waals surface area (Å²) in [5.41, 5.74) is 2.60. The standard InChI is InChI=1S/C28H32ClN3O4S/c1-3-36-27-13-12-25(18-21(27)2)37(34,35)30-26(19-22-8-5-4-6-9-22)28(33)32-16-14-31(15-17-32)24-11-7-10-23(29)20-24/h4-13,18,20,26,30H,3,14-17,19H2,1-2H3. The van der Waals surface area contributed by atoms with Crippen LogP contribution in [0, 0.1) is 6.92 Å². The van der Waals surface area contributed by atoms with Gasteiger partial charge in [0, 0.05) is 36.9 Å². The maximum atomic E-state index is 13.7. The number of halogens is 1. The zero-order valence-electron chi connectivity index (χ0n) is 21.1. The van der Waals surface area contributed by atoms with Gasteiger partial charge in [-0.1, -0.05) is 48.0 Å². The van der Waals surface area contributed by atoms with Crippen LogP contribution in [0.4, 0.5) is 5.69 Å². The van der Waals surface area contributed by atoms with Crippen LogP contribution in [-0.2, 0) is 21.2 Å². The lowest BCUT2D eigenvalue weighted by molar-refractivity contribution is -0.133. The molecule has 0 bridgehead atoms. The van der Waals surface area contributed by atoms with Crippen molar-refractivity contribution in [2.24, 2.45) is 0 Å². The van der Waals surface area contributed by atoms with Crippen molar-refractivity contribution in [3.63, 3.8) is 0 Å². The minimum Gasteiger partial charge on any atom is -0.494 e. The van der Waals surface area contributed by atoms with Crippen LogP contribution in [0.15, 0.2) is 77.7 Å². The predicted octanol–water partition coefficient (Wildman–Crippen LogP) is 4.29. The summed E-state index contributed by atoms with van der Waals surface area (Å²) < 4.78 is 35.0. The number of hydrogen-bond acceptors (Lipinski definition) is 5. The van der Waals surface area contributed by atoms with E-state index in [-0.39, 0.29) is 17.2 Å². The van der Waals surface area contributed by atoms with Crippen LogP contribution in [0.3, 0.4) is 0 Å². The van der Waals surface area contributed by atoms with Gasteiger partial charge in [-0.05, 0) is 67.8 Å². The van der Waals surface area contributed by atoms with E-state index in [0.29, 0.717) is 49.1 Å². The Hall–Kier alpha value is -3.07. The third-order valence-electron chi connectivity index (χ3n) is 6.40. The molecule has 0 aliphatic carbocycles. The third-order valence-corrected chi connectivity index (χ3v) is 8.10. The summed E-state index contributed by atoms with van der Waals surface area (Å²) in [6.45, 7) is 6.41. The topological polar surface area (TPSA) is 78.9 Å². The van der Waals surface area contributed by atoms with Gasteiger partial charge >= 0.3 is 0 Å². The lowest BCUT2D eigenvalue weighted by Gasteiger charge is -2.37. The van der Waals surface area contributed by atoms with Crippen molar-refractivity contribution in [3.05, 3.63) is 88.9 Å². The number of anilines is 1. The Balaban J connectivity index is 1.52. The number of carbonyl (C=O) groups is 1. The first kappa shape index (κ1) is 27.0. The Bertz CT molecular complexity index is 1330. The number of rotatable bonds is 9. The first-order valence-electron chi connectivity index (χ1n) is 12.4. The van der Waals surface area contributed by atoms with Gasteiger partial charge in [-0.2, -0.15) is 4.72 Å². The van der Waals surface area contributed by atoms with Crippen molar-refractivity contribution in [3.8, 4) is 5.75 Å². The highest BCUT2D eigenvalue weighted by Crippen LogP contribution is 2.24. The molecular weight excluding hydrogens is 510 g/mol. The Morgan fingerprint density at radius 3 is 2.38 bits per heavy atom. The van der Waals surface area contributed by atoms with Crippen molar-refractivity contribution in [2.45, 2.75) is 31.2 Å². The first-order valence-corrected chi connectivity index (χ1v) is 14.2. The maximum Gasteiger partial charge on any atom is 0.241 e. The Kier molecular flexibility index (Phi) is 8.74. The Labute approximate surface area is 224 Å². The Morgan fingerprint density at radius 2 is 1.73 bits per heavy atom. The molecule has 1 atom stereocenters. The molecule has 1 aliphatic heterocycles. The molecule has 7 nitrogen and oxygen atoms in total. The molecule has 3 aromatic rings. The molecule has 1 saturated heterocycles. The highest BCUT2D eigenvalue weighted by atomic mass is 35.5. The summed E-state index contributed by atoms with van der Waals surface area (Å²) in [6.07, 6.45) is 0.253. The average molecular weight is 542 g/mol. The number of sulfonamides is 1. The summed E-state index contributed by atoms with van der Waals surface area (Å²) in [5, 5.41) is 0.665. The fraction of sp³-hybridized carbons (Fsp3) is 0.321. The number of amides is 1. The van der Waals surface area contributed by atoms with Crippen LogP contribution >= 0.6 is 11.6 Å². The predicted molar refractivity (Wildman–Crippen MR) is 147 cm³/mol. The van der Waals surface area contributed by atoms with E-state index >= 15 is 0 Å². The molecule has 1 heterocycles.